The van der Waals surface area contributed by atoms with Gasteiger partial charge in [0.2, 0.25) is 11.8 Å². The molecule has 1 saturated carbocycles. The van der Waals surface area contributed by atoms with Crippen molar-refractivity contribution in [2.45, 2.75) is 37.8 Å². The van der Waals surface area contributed by atoms with Crippen molar-refractivity contribution >= 4 is 5.91 Å². The Labute approximate surface area is 148 Å². The number of carbonyl (C=O) groups is 1. The van der Waals surface area contributed by atoms with Crippen molar-refractivity contribution in [2.24, 2.45) is 0 Å². The van der Waals surface area contributed by atoms with Gasteiger partial charge >= 0.3 is 0 Å². The van der Waals surface area contributed by atoms with Crippen LogP contribution in [0.15, 0.2) is 4.52 Å². The summed E-state index contributed by atoms with van der Waals surface area (Å²) >= 11 is 0. The lowest BCUT2D eigenvalue weighted by Gasteiger charge is -2.29. The van der Waals surface area contributed by atoms with Gasteiger partial charge in [0.05, 0.1) is 26.3 Å². The van der Waals surface area contributed by atoms with Crippen LogP contribution in [0.3, 0.4) is 0 Å². The van der Waals surface area contributed by atoms with E-state index < -0.39 is 0 Å². The Morgan fingerprint density at radius 3 is 2.80 bits per heavy atom. The van der Waals surface area contributed by atoms with E-state index in [0.29, 0.717) is 38.3 Å². The van der Waals surface area contributed by atoms with Gasteiger partial charge in [-0.25, -0.2) is 0 Å². The van der Waals surface area contributed by atoms with Crippen LogP contribution < -0.4 is 0 Å². The van der Waals surface area contributed by atoms with Gasteiger partial charge in [-0.15, -0.1) is 0 Å². The predicted molar refractivity (Wildman–Crippen MR) is 90.0 cm³/mol. The van der Waals surface area contributed by atoms with E-state index >= 15 is 0 Å². The lowest BCUT2D eigenvalue weighted by molar-refractivity contribution is -0.136. The molecule has 3 aliphatic rings. The van der Waals surface area contributed by atoms with E-state index in [9.17, 15) is 4.79 Å². The van der Waals surface area contributed by atoms with E-state index in [0.717, 1.165) is 44.3 Å². The summed E-state index contributed by atoms with van der Waals surface area (Å²) in [6, 6.07) is 0.431. The normalized spacial score (nSPS) is 25.0. The molecule has 1 aromatic rings. The first-order valence-electron chi connectivity index (χ1n) is 9.29. The van der Waals surface area contributed by atoms with Crippen LogP contribution in [0.1, 0.15) is 36.9 Å². The molecular weight excluding hydrogens is 322 g/mol. The fraction of sp³-hybridized carbons (Fsp3) is 0.824. The number of rotatable bonds is 6. The van der Waals surface area contributed by atoms with Gasteiger partial charge in [0.1, 0.15) is 0 Å². The first-order chi connectivity index (χ1) is 12.2. The van der Waals surface area contributed by atoms with Crippen LogP contribution in [0.4, 0.5) is 0 Å². The molecule has 0 aromatic carbocycles. The molecule has 0 N–H and O–H groups in total. The number of amides is 1. The largest absolute Gasteiger partial charge is 0.378 e. The Morgan fingerprint density at radius 1 is 1.24 bits per heavy atom. The zero-order valence-corrected chi connectivity index (χ0v) is 14.9. The highest BCUT2D eigenvalue weighted by atomic mass is 16.5. The fourth-order valence-corrected chi connectivity index (χ4v) is 3.60. The van der Waals surface area contributed by atoms with Gasteiger partial charge in [0.15, 0.2) is 5.82 Å². The molecular formula is C17H27N5O3. The van der Waals surface area contributed by atoms with Crippen LogP contribution in [0.5, 0.6) is 0 Å². The molecule has 2 saturated heterocycles. The Morgan fingerprint density at radius 2 is 2.04 bits per heavy atom. The molecule has 2 aliphatic heterocycles. The average Bonchev–Trinajstić information content (AvgIpc) is 3.19. The third kappa shape index (κ3) is 4.19. The van der Waals surface area contributed by atoms with Crippen molar-refractivity contribution < 1.29 is 14.1 Å². The van der Waals surface area contributed by atoms with Crippen molar-refractivity contribution in [1.82, 2.24) is 24.8 Å². The van der Waals surface area contributed by atoms with Crippen molar-refractivity contribution in [3.05, 3.63) is 11.7 Å². The quantitative estimate of drug-likeness (QED) is 0.732. The van der Waals surface area contributed by atoms with Gasteiger partial charge in [-0.2, -0.15) is 4.98 Å². The van der Waals surface area contributed by atoms with Gasteiger partial charge in [0, 0.05) is 38.1 Å². The van der Waals surface area contributed by atoms with Crippen LogP contribution >= 0.6 is 0 Å². The molecule has 8 heteroatoms. The van der Waals surface area contributed by atoms with Gasteiger partial charge in [-0.1, -0.05) is 5.16 Å². The molecule has 25 heavy (non-hydrogen) atoms. The number of carbonyl (C=O) groups excluding carboxylic acids is 1. The van der Waals surface area contributed by atoms with Gasteiger partial charge in [0.25, 0.3) is 0 Å². The number of morpholine rings is 1. The summed E-state index contributed by atoms with van der Waals surface area (Å²) in [5.74, 6) is 2.29. The monoisotopic (exact) mass is 349 g/mol. The molecule has 1 aliphatic carbocycles. The van der Waals surface area contributed by atoms with E-state index in [-0.39, 0.29) is 5.91 Å². The standard InChI is InChI=1S/C17H27N5O3/c1-20(11-15-18-17(25-19-15)13-2-3-13)14-4-5-21(10-14)12-16(23)22-6-8-24-9-7-22/h13-14H,2-12H2,1H3/t14-/m1/s1. The maximum Gasteiger partial charge on any atom is 0.236 e. The highest BCUT2D eigenvalue weighted by Gasteiger charge is 2.31. The number of ether oxygens (including phenoxy) is 1. The zero-order chi connectivity index (χ0) is 17.2. The SMILES string of the molecule is CN(Cc1noc(C2CC2)n1)[C@@H]1CCN(CC(=O)N2CCOCC2)C1. The smallest absolute Gasteiger partial charge is 0.236 e. The number of likely N-dealkylation sites (tertiary alicyclic amines) is 1. The molecule has 0 unspecified atom stereocenters. The number of likely N-dealkylation sites (N-methyl/N-ethyl adjacent to an activating group) is 1. The summed E-state index contributed by atoms with van der Waals surface area (Å²) in [6.45, 7) is 5.85. The van der Waals surface area contributed by atoms with Gasteiger partial charge in [-0.3, -0.25) is 14.6 Å². The minimum absolute atomic E-state index is 0.221. The summed E-state index contributed by atoms with van der Waals surface area (Å²) in [4.78, 5) is 23.3. The van der Waals surface area contributed by atoms with E-state index in [2.05, 4.69) is 27.0 Å². The van der Waals surface area contributed by atoms with Gasteiger partial charge < -0.3 is 14.2 Å². The summed E-state index contributed by atoms with van der Waals surface area (Å²) in [7, 11) is 2.10. The third-order valence-corrected chi connectivity index (χ3v) is 5.39. The van der Waals surface area contributed by atoms with E-state index in [1.54, 1.807) is 0 Å². The maximum atomic E-state index is 12.4. The van der Waals surface area contributed by atoms with Crippen LogP contribution in [0.25, 0.3) is 0 Å². The van der Waals surface area contributed by atoms with Crippen molar-refractivity contribution in [3.8, 4) is 0 Å². The number of aromatic nitrogens is 2. The number of nitrogens with zero attached hydrogens (tertiary/aromatic N) is 5. The minimum atomic E-state index is 0.221. The Balaban J connectivity index is 1.24. The lowest BCUT2D eigenvalue weighted by Crippen LogP contribution is -2.45. The molecule has 4 rings (SSSR count). The predicted octanol–water partition coefficient (Wildman–Crippen LogP) is 0.312. The molecule has 1 aromatic heterocycles. The number of hydrogen-bond donors (Lipinski definition) is 0. The van der Waals surface area contributed by atoms with Gasteiger partial charge in [-0.05, 0) is 26.3 Å². The Hall–Kier alpha value is -1.51. The maximum absolute atomic E-state index is 12.4. The molecule has 0 spiro atoms. The molecule has 8 nitrogen and oxygen atoms in total. The van der Waals surface area contributed by atoms with Crippen LogP contribution in [-0.2, 0) is 16.1 Å². The average molecular weight is 349 g/mol. The van der Waals surface area contributed by atoms with Crippen molar-refractivity contribution in [1.29, 1.82) is 0 Å². The van der Waals surface area contributed by atoms with E-state index in [4.69, 9.17) is 9.26 Å². The van der Waals surface area contributed by atoms with Crippen molar-refractivity contribution in [3.63, 3.8) is 0 Å². The Bertz CT molecular complexity index is 597. The number of hydrogen-bond acceptors (Lipinski definition) is 7. The highest BCUT2D eigenvalue weighted by molar-refractivity contribution is 5.78. The molecule has 0 radical (unpaired) electrons. The third-order valence-electron chi connectivity index (χ3n) is 5.39. The fourth-order valence-electron chi connectivity index (χ4n) is 3.60. The molecule has 3 fully saturated rings. The first kappa shape index (κ1) is 16.9. The topological polar surface area (TPSA) is 74.9 Å². The van der Waals surface area contributed by atoms with E-state index in [1.165, 1.54) is 12.8 Å². The van der Waals surface area contributed by atoms with Crippen LogP contribution in [-0.4, -0.2) is 89.8 Å². The summed E-state index contributed by atoms with van der Waals surface area (Å²) in [5.41, 5.74) is 0. The highest BCUT2D eigenvalue weighted by Crippen LogP contribution is 2.38. The molecule has 1 amide bonds. The van der Waals surface area contributed by atoms with Crippen LogP contribution in [0, 0.1) is 0 Å². The zero-order valence-electron chi connectivity index (χ0n) is 14.9. The summed E-state index contributed by atoms with van der Waals surface area (Å²) in [6.07, 6.45) is 3.42. The second kappa shape index (κ2) is 7.39. The molecule has 138 valence electrons. The lowest BCUT2D eigenvalue weighted by atomic mass is 10.2. The van der Waals surface area contributed by atoms with Crippen LogP contribution in [0.2, 0.25) is 0 Å². The summed E-state index contributed by atoms with van der Waals surface area (Å²) < 4.78 is 10.6. The second-order valence-corrected chi connectivity index (χ2v) is 7.41. The minimum Gasteiger partial charge on any atom is -0.378 e. The second-order valence-electron chi connectivity index (χ2n) is 7.41. The van der Waals surface area contributed by atoms with E-state index in [1.807, 2.05) is 4.90 Å². The molecule has 0 bridgehead atoms. The Kier molecular flexibility index (Phi) is 5.00. The summed E-state index contributed by atoms with van der Waals surface area (Å²) in [5, 5.41) is 4.10. The molecule has 3 heterocycles. The first-order valence-corrected chi connectivity index (χ1v) is 9.29. The molecule has 1 atom stereocenters. The van der Waals surface area contributed by atoms with Crippen molar-refractivity contribution in [2.75, 3.05) is 53.0 Å².